The number of nitrogens with zero attached hydrogens (tertiary/aromatic N) is 1. The van der Waals surface area contributed by atoms with Gasteiger partial charge in [-0.25, -0.2) is 0 Å². The van der Waals surface area contributed by atoms with Crippen LogP contribution >= 0.6 is 0 Å². The molecule has 1 amide bonds. The van der Waals surface area contributed by atoms with Crippen molar-refractivity contribution in [3.63, 3.8) is 0 Å². The maximum Gasteiger partial charge on any atom is 0.416 e. The first-order chi connectivity index (χ1) is 9.89. The van der Waals surface area contributed by atoms with Crippen molar-refractivity contribution >= 4 is 5.91 Å². The highest BCUT2D eigenvalue weighted by Gasteiger charge is 2.34. The van der Waals surface area contributed by atoms with Crippen LogP contribution in [0.4, 0.5) is 13.2 Å². The fraction of sp³-hybridized carbons (Fsp3) is 0.533. The SMILES string of the molecule is CC(=O)N(Cc1ccccc1C(F)(F)F)C1CCOCC1. The third-order valence-corrected chi connectivity index (χ3v) is 3.70. The number of carbonyl (C=O) groups excluding carboxylic acids is 1. The maximum absolute atomic E-state index is 13.0. The first-order valence-electron chi connectivity index (χ1n) is 6.89. The molecule has 1 aliphatic rings. The fourth-order valence-corrected chi connectivity index (χ4v) is 2.61. The van der Waals surface area contributed by atoms with Gasteiger partial charge in [0.1, 0.15) is 0 Å². The number of hydrogen-bond donors (Lipinski definition) is 0. The molecule has 116 valence electrons. The molecule has 1 fully saturated rings. The van der Waals surface area contributed by atoms with E-state index in [1.165, 1.54) is 24.0 Å². The Morgan fingerprint density at radius 2 is 1.90 bits per heavy atom. The van der Waals surface area contributed by atoms with Crippen molar-refractivity contribution in [1.82, 2.24) is 4.90 Å². The van der Waals surface area contributed by atoms with Gasteiger partial charge in [0.2, 0.25) is 5.91 Å². The number of benzene rings is 1. The minimum Gasteiger partial charge on any atom is -0.381 e. The zero-order valence-electron chi connectivity index (χ0n) is 11.8. The highest BCUT2D eigenvalue weighted by atomic mass is 19.4. The Kier molecular flexibility index (Phi) is 4.88. The zero-order valence-corrected chi connectivity index (χ0v) is 11.8. The van der Waals surface area contributed by atoms with Crippen LogP contribution in [0, 0.1) is 0 Å². The third-order valence-electron chi connectivity index (χ3n) is 3.70. The van der Waals surface area contributed by atoms with Crippen LogP contribution in [0.5, 0.6) is 0 Å². The standard InChI is InChI=1S/C15H18F3NO2/c1-11(20)19(13-6-8-21-9-7-13)10-12-4-2-3-5-14(12)15(16,17)18/h2-5,13H,6-10H2,1H3. The van der Waals surface area contributed by atoms with E-state index in [1.807, 2.05) is 0 Å². The van der Waals surface area contributed by atoms with Gasteiger partial charge in [-0.2, -0.15) is 13.2 Å². The monoisotopic (exact) mass is 301 g/mol. The average Bonchev–Trinajstić information content (AvgIpc) is 2.44. The average molecular weight is 301 g/mol. The number of amides is 1. The lowest BCUT2D eigenvalue weighted by molar-refractivity contribution is -0.140. The number of hydrogen-bond acceptors (Lipinski definition) is 2. The summed E-state index contributed by atoms with van der Waals surface area (Å²) in [4.78, 5) is 13.3. The molecular formula is C15H18F3NO2. The highest BCUT2D eigenvalue weighted by Crippen LogP contribution is 2.33. The number of halogens is 3. The van der Waals surface area contributed by atoms with Crippen molar-refractivity contribution in [1.29, 1.82) is 0 Å². The molecule has 0 N–H and O–H groups in total. The van der Waals surface area contributed by atoms with E-state index in [0.29, 0.717) is 26.1 Å². The van der Waals surface area contributed by atoms with Gasteiger partial charge in [-0.15, -0.1) is 0 Å². The van der Waals surface area contributed by atoms with Crippen LogP contribution in [0.2, 0.25) is 0 Å². The Balaban J connectivity index is 2.23. The Morgan fingerprint density at radius 1 is 1.29 bits per heavy atom. The Hall–Kier alpha value is -1.56. The molecule has 3 nitrogen and oxygen atoms in total. The zero-order chi connectivity index (χ0) is 15.5. The summed E-state index contributed by atoms with van der Waals surface area (Å²) in [7, 11) is 0. The molecule has 0 bridgehead atoms. The quantitative estimate of drug-likeness (QED) is 0.858. The molecule has 2 rings (SSSR count). The minimum atomic E-state index is -4.41. The van der Waals surface area contributed by atoms with E-state index >= 15 is 0 Å². The van der Waals surface area contributed by atoms with E-state index in [-0.39, 0.29) is 24.1 Å². The molecule has 1 saturated heterocycles. The molecule has 0 atom stereocenters. The Bertz CT molecular complexity index is 496. The Labute approximate surface area is 121 Å². The van der Waals surface area contributed by atoms with E-state index in [2.05, 4.69) is 0 Å². The predicted molar refractivity (Wildman–Crippen MR) is 71.5 cm³/mol. The first kappa shape index (κ1) is 15.8. The highest BCUT2D eigenvalue weighted by molar-refractivity contribution is 5.73. The van der Waals surface area contributed by atoms with Crippen LogP contribution in [0.3, 0.4) is 0 Å². The summed E-state index contributed by atoms with van der Waals surface area (Å²) in [5, 5.41) is 0. The summed E-state index contributed by atoms with van der Waals surface area (Å²) in [6, 6.07) is 5.35. The van der Waals surface area contributed by atoms with Crippen LogP contribution in [0.1, 0.15) is 30.9 Å². The van der Waals surface area contributed by atoms with Crippen molar-refractivity contribution < 1.29 is 22.7 Å². The first-order valence-corrected chi connectivity index (χ1v) is 6.89. The van der Waals surface area contributed by atoms with Crippen molar-refractivity contribution in [2.45, 2.75) is 38.5 Å². The summed E-state index contributed by atoms with van der Waals surface area (Å²) in [5.74, 6) is -0.209. The summed E-state index contributed by atoms with van der Waals surface area (Å²) < 4.78 is 44.3. The van der Waals surface area contributed by atoms with Gasteiger partial charge in [-0.1, -0.05) is 18.2 Å². The second kappa shape index (κ2) is 6.47. The van der Waals surface area contributed by atoms with E-state index in [0.717, 1.165) is 6.07 Å². The predicted octanol–water partition coefficient (Wildman–Crippen LogP) is 3.23. The molecule has 0 aliphatic carbocycles. The molecule has 0 spiro atoms. The molecule has 0 radical (unpaired) electrons. The van der Waals surface area contributed by atoms with Crippen molar-refractivity contribution in [3.8, 4) is 0 Å². The van der Waals surface area contributed by atoms with Crippen molar-refractivity contribution in [3.05, 3.63) is 35.4 Å². The molecule has 1 aromatic carbocycles. The van der Waals surface area contributed by atoms with Gasteiger partial charge in [0, 0.05) is 32.7 Å². The lowest BCUT2D eigenvalue weighted by Crippen LogP contribution is -2.42. The third kappa shape index (κ3) is 3.97. The second-order valence-corrected chi connectivity index (χ2v) is 5.15. The molecule has 1 aromatic rings. The molecule has 1 aliphatic heterocycles. The van der Waals surface area contributed by atoms with Gasteiger partial charge >= 0.3 is 6.18 Å². The van der Waals surface area contributed by atoms with Gasteiger partial charge in [-0.3, -0.25) is 4.79 Å². The molecule has 0 saturated carbocycles. The van der Waals surface area contributed by atoms with Crippen LogP contribution in [-0.4, -0.2) is 30.1 Å². The summed E-state index contributed by atoms with van der Waals surface area (Å²) in [5.41, 5.74) is -0.546. The number of rotatable bonds is 3. The molecular weight excluding hydrogens is 283 g/mol. The van der Waals surface area contributed by atoms with Crippen LogP contribution in [0.15, 0.2) is 24.3 Å². The minimum absolute atomic E-state index is 0.0182. The van der Waals surface area contributed by atoms with Crippen molar-refractivity contribution in [2.75, 3.05) is 13.2 Å². The normalized spacial score (nSPS) is 16.8. The number of alkyl halides is 3. The molecule has 0 unspecified atom stereocenters. The van der Waals surface area contributed by atoms with Crippen LogP contribution < -0.4 is 0 Å². The van der Waals surface area contributed by atoms with Crippen LogP contribution in [0.25, 0.3) is 0 Å². The summed E-state index contributed by atoms with van der Waals surface area (Å²) in [6.07, 6.45) is -3.09. The van der Waals surface area contributed by atoms with Gasteiger partial charge < -0.3 is 9.64 Å². The van der Waals surface area contributed by atoms with Gasteiger partial charge in [-0.05, 0) is 24.5 Å². The lowest BCUT2D eigenvalue weighted by Gasteiger charge is -2.34. The van der Waals surface area contributed by atoms with Gasteiger partial charge in [0.05, 0.1) is 5.56 Å². The van der Waals surface area contributed by atoms with Gasteiger partial charge in [0.25, 0.3) is 0 Å². The number of ether oxygens (including phenoxy) is 1. The maximum atomic E-state index is 13.0. The fourth-order valence-electron chi connectivity index (χ4n) is 2.61. The van der Waals surface area contributed by atoms with E-state index in [4.69, 9.17) is 4.74 Å². The summed E-state index contributed by atoms with van der Waals surface area (Å²) >= 11 is 0. The van der Waals surface area contributed by atoms with E-state index in [9.17, 15) is 18.0 Å². The van der Waals surface area contributed by atoms with E-state index < -0.39 is 11.7 Å². The van der Waals surface area contributed by atoms with Crippen LogP contribution in [-0.2, 0) is 22.3 Å². The Morgan fingerprint density at radius 3 is 2.48 bits per heavy atom. The summed E-state index contributed by atoms with van der Waals surface area (Å²) in [6.45, 7) is 2.45. The molecule has 0 aromatic heterocycles. The smallest absolute Gasteiger partial charge is 0.381 e. The number of carbonyl (C=O) groups is 1. The largest absolute Gasteiger partial charge is 0.416 e. The second-order valence-electron chi connectivity index (χ2n) is 5.15. The van der Waals surface area contributed by atoms with E-state index in [1.54, 1.807) is 6.07 Å². The van der Waals surface area contributed by atoms with Crippen molar-refractivity contribution in [2.24, 2.45) is 0 Å². The van der Waals surface area contributed by atoms with Gasteiger partial charge in [0.15, 0.2) is 0 Å². The lowest BCUT2D eigenvalue weighted by atomic mass is 10.0. The molecule has 6 heteroatoms. The molecule has 21 heavy (non-hydrogen) atoms. The molecule has 1 heterocycles. The topological polar surface area (TPSA) is 29.5 Å².